The Hall–Kier alpha value is -1.55. The molecule has 0 aromatic heterocycles. The average molecular weight is 236 g/mol. The van der Waals surface area contributed by atoms with Crippen molar-refractivity contribution < 1.29 is 9.90 Å². The Morgan fingerprint density at radius 1 is 1.53 bits per heavy atom. The fourth-order valence-electron chi connectivity index (χ4n) is 1.68. The predicted octanol–water partition coefficient (Wildman–Crippen LogP) is 1.47. The first-order valence-electron chi connectivity index (χ1n) is 5.87. The molecule has 0 saturated carbocycles. The van der Waals surface area contributed by atoms with Gasteiger partial charge in [0.05, 0.1) is 5.56 Å². The fourth-order valence-corrected chi connectivity index (χ4v) is 1.68. The molecule has 1 atom stereocenters. The molecule has 1 aromatic rings. The first-order chi connectivity index (χ1) is 8.10. The largest absolute Gasteiger partial charge is 0.398 e. The number of para-hydroxylation sites is 1. The van der Waals surface area contributed by atoms with Crippen molar-refractivity contribution >= 4 is 11.6 Å². The number of nitrogens with two attached hydrogens (primary N) is 1. The van der Waals surface area contributed by atoms with Crippen LogP contribution in [-0.4, -0.2) is 23.7 Å². The second-order valence-electron chi connectivity index (χ2n) is 4.13. The number of rotatable bonds is 5. The van der Waals surface area contributed by atoms with E-state index in [-0.39, 0.29) is 18.6 Å². The molecular weight excluding hydrogens is 216 g/mol. The number of nitrogens with one attached hydrogen (secondary N) is 1. The molecule has 0 aliphatic carbocycles. The van der Waals surface area contributed by atoms with E-state index in [2.05, 4.69) is 5.32 Å². The van der Waals surface area contributed by atoms with Crippen LogP contribution >= 0.6 is 0 Å². The maximum atomic E-state index is 12.0. The molecule has 0 aliphatic rings. The van der Waals surface area contributed by atoms with Crippen LogP contribution in [0, 0.1) is 6.92 Å². The molecule has 4 nitrogen and oxygen atoms in total. The third-order valence-electron chi connectivity index (χ3n) is 2.87. The molecule has 94 valence electrons. The highest BCUT2D eigenvalue weighted by Gasteiger charge is 2.14. The van der Waals surface area contributed by atoms with Crippen LogP contribution in [0.2, 0.25) is 0 Å². The second kappa shape index (κ2) is 6.25. The molecule has 1 amide bonds. The van der Waals surface area contributed by atoms with Gasteiger partial charge >= 0.3 is 0 Å². The number of aryl methyl sites for hydroxylation is 1. The van der Waals surface area contributed by atoms with Crippen molar-refractivity contribution in [2.45, 2.75) is 32.7 Å². The van der Waals surface area contributed by atoms with E-state index in [9.17, 15) is 4.79 Å². The van der Waals surface area contributed by atoms with Crippen LogP contribution in [-0.2, 0) is 0 Å². The zero-order valence-electron chi connectivity index (χ0n) is 10.4. The number of aliphatic hydroxyl groups is 1. The van der Waals surface area contributed by atoms with Crippen LogP contribution in [0.5, 0.6) is 0 Å². The zero-order valence-corrected chi connectivity index (χ0v) is 10.4. The molecule has 0 spiro atoms. The van der Waals surface area contributed by atoms with Crippen LogP contribution in [0.3, 0.4) is 0 Å². The number of aliphatic hydroxyl groups excluding tert-OH is 1. The summed E-state index contributed by atoms with van der Waals surface area (Å²) < 4.78 is 0. The van der Waals surface area contributed by atoms with Crippen molar-refractivity contribution in [2.75, 3.05) is 12.3 Å². The summed E-state index contributed by atoms with van der Waals surface area (Å²) >= 11 is 0. The van der Waals surface area contributed by atoms with Gasteiger partial charge in [-0.1, -0.05) is 19.1 Å². The van der Waals surface area contributed by atoms with E-state index in [1.807, 2.05) is 26.0 Å². The number of hydrogen-bond donors (Lipinski definition) is 3. The van der Waals surface area contributed by atoms with Gasteiger partial charge in [-0.05, 0) is 31.4 Å². The molecule has 1 rings (SSSR count). The molecule has 0 aliphatic heterocycles. The van der Waals surface area contributed by atoms with E-state index >= 15 is 0 Å². The summed E-state index contributed by atoms with van der Waals surface area (Å²) in [5.41, 5.74) is 7.78. The van der Waals surface area contributed by atoms with Crippen molar-refractivity contribution in [3.8, 4) is 0 Å². The molecule has 0 bridgehead atoms. The lowest BCUT2D eigenvalue weighted by atomic mass is 10.1. The number of nitrogen functional groups attached to an aromatic ring is 1. The number of amides is 1. The van der Waals surface area contributed by atoms with Crippen LogP contribution < -0.4 is 11.1 Å². The lowest BCUT2D eigenvalue weighted by molar-refractivity contribution is 0.0930. The Bertz CT molecular complexity index is 391. The SMILES string of the molecule is CCC(CCO)NC(=O)c1cccc(C)c1N. The van der Waals surface area contributed by atoms with E-state index in [1.165, 1.54) is 0 Å². The number of hydrogen-bond acceptors (Lipinski definition) is 3. The molecule has 1 aromatic carbocycles. The van der Waals surface area contributed by atoms with E-state index < -0.39 is 0 Å². The summed E-state index contributed by atoms with van der Waals surface area (Å²) in [4.78, 5) is 12.0. The van der Waals surface area contributed by atoms with Crippen molar-refractivity contribution in [1.29, 1.82) is 0 Å². The molecule has 17 heavy (non-hydrogen) atoms. The van der Waals surface area contributed by atoms with E-state index in [0.717, 1.165) is 12.0 Å². The number of carbonyl (C=O) groups excluding carboxylic acids is 1. The van der Waals surface area contributed by atoms with Gasteiger partial charge in [0.15, 0.2) is 0 Å². The van der Waals surface area contributed by atoms with Gasteiger partial charge in [0.1, 0.15) is 0 Å². The summed E-state index contributed by atoms with van der Waals surface area (Å²) in [6, 6.07) is 5.39. The predicted molar refractivity (Wildman–Crippen MR) is 68.8 cm³/mol. The molecule has 4 N–H and O–H groups in total. The molecule has 1 unspecified atom stereocenters. The molecular formula is C13H20N2O2. The molecule has 4 heteroatoms. The third-order valence-corrected chi connectivity index (χ3v) is 2.87. The van der Waals surface area contributed by atoms with Gasteiger partial charge in [0, 0.05) is 18.3 Å². The number of benzene rings is 1. The van der Waals surface area contributed by atoms with Crippen LogP contribution in [0.1, 0.15) is 35.7 Å². The van der Waals surface area contributed by atoms with Crippen molar-refractivity contribution in [3.05, 3.63) is 29.3 Å². The van der Waals surface area contributed by atoms with Crippen LogP contribution in [0.25, 0.3) is 0 Å². The Morgan fingerprint density at radius 3 is 2.82 bits per heavy atom. The van der Waals surface area contributed by atoms with Gasteiger partial charge in [-0.25, -0.2) is 0 Å². The fraction of sp³-hybridized carbons (Fsp3) is 0.462. The van der Waals surface area contributed by atoms with Gasteiger partial charge in [0.25, 0.3) is 5.91 Å². The highest BCUT2D eigenvalue weighted by atomic mass is 16.3. The van der Waals surface area contributed by atoms with Gasteiger partial charge in [-0.15, -0.1) is 0 Å². The average Bonchev–Trinajstić information content (AvgIpc) is 2.31. The van der Waals surface area contributed by atoms with Crippen molar-refractivity contribution in [3.63, 3.8) is 0 Å². The number of carbonyl (C=O) groups is 1. The summed E-state index contributed by atoms with van der Waals surface area (Å²) in [5.74, 6) is -0.175. The van der Waals surface area contributed by atoms with Gasteiger partial charge in [-0.3, -0.25) is 4.79 Å². The minimum absolute atomic E-state index is 0.00703. The topological polar surface area (TPSA) is 75.3 Å². The highest BCUT2D eigenvalue weighted by molar-refractivity contribution is 5.99. The first-order valence-corrected chi connectivity index (χ1v) is 5.87. The monoisotopic (exact) mass is 236 g/mol. The maximum Gasteiger partial charge on any atom is 0.253 e. The Morgan fingerprint density at radius 2 is 2.24 bits per heavy atom. The van der Waals surface area contributed by atoms with Crippen LogP contribution in [0.4, 0.5) is 5.69 Å². The smallest absolute Gasteiger partial charge is 0.253 e. The lowest BCUT2D eigenvalue weighted by Gasteiger charge is -2.16. The first kappa shape index (κ1) is 13.5. The molecule has 0 heterocycles. The summed E-state index contributed by atoms with van der Waals surface area (Å²) in [6.07, 6.45) is 1.35. The summed E-state index contributed by atoms with van der Waals surface area (Å²) in [6.45, 7) is 3.92. The van der Waals surface area contributed by atoms with Crippen LogP contribution in [0.15, 0.2) is 18.2 Å². The highest BCUT2D eigenvalue weighted by Crippen LogP contribution is 2.16. The van der Waals surface area contributed by atoms with Gasteiger partial charge in [-0.2, -0.15) is 0 Å². The summed E-state index contributed by atoms with van der Waals surface area (Å²) in [5, 5.41) is 11.7. The van der Waals surface area contributed by atoms with Gasteiger partial charge < -0.3 is 16.2 Å². The normalized spacial score (nSPS) is 12.2. The van der Waals surface area contributed by atoms with E-state index in [0.29, 0.717) is 17.7 Å². The third kappa shape index (κ3) is 3.46. The zero-order chi connectivity index (χ0) is 12.8. The number of anilines is 1. The van der Waals surface area contributed by atoms with Crippen molar-refractivity contribution in [2.24, 2.45) is 0 Å². The maximum absolute atomic E-state index is 12.0. The lowest BCUT2D eigenvalue weighted by Crippen LogP contribution is -2.35. The van der Waals surface area contributed by atoms with E-state index in [1.54, 1.807) is 6.07 Å². The quantitative estimate of drug-likeness (QED) is 0.678. The molecule has 0 radical (unpaired) electrons. The minimum atomic E-state index is -0.175. The Balaban J connectivity index is 2.79. The molecule has 0 fully saturated rings. The molecule has 0 saturated heterocycles. The van der Waals surface area contributed by atoms with E-state index in [4.69, 9.17) is 10.8 Å². The van der Waals surface area contributed by atoms with Gasteiger partial charge in [0.2, 0.25) is 0 Å². The second-order valence-corrected chi connectivity index (χ2v) is 4.13. The van der Waals surface area contributed by atoms with Crippen molar-refractivity contribution in [1.82, 2.24) is 5.32 Å². The standard InChI is InChI=1S/C13H20N2O2/c1-3-10(7-8-16)15-13(17)11-6-4-5-9(2)12(11)14/h4-6,10,16H,3,7-8,14H2,1-2H3,(H,15,17). The Kier molecular flexibility index (Phi) is 4.97. The summed E-state index contributed by atoms with van der Waals surface area (Å²) in [7, 11) is 0. The Labute approximate surface area is 102 Å². The minimum Gasteiger partial charge on any atom is -0.398 e.